The van der Waals surface area contributed by atoms with E-state index in [0.717, 1.165) is 21.1 Å². The number of aromatic nitrogens is 2. The number of nitrogens with one attached hydrogen (secondary N) is 1. The van der Waals surface area contributed by atoms with Gasteiger partial charge in [-0.2, -0.15) is 0 Å². The van der Waals surface area contributed by atoms with Crippen molar-refractivity contribution < 1.29 is 13.9 Å². The van der Waals surface area contributed by atoms with E-state index in [1.54, 1.807) is 24.6 Å². The summed E-state index contributed by atoms with van der Waals surface area (Å²) in [5.41, 5.74) is 1.87. The molecule has 0 atom stereocenters. The van der Waals surface area contributed by atoms with Gasteiger partial charge in [0.15, 0.2) is 5.13 Å². The third kappa shape index (κ3) is 3.66. The van der Waals surface area contributed by atoms with Gasteiger partial charge in [-0.3, -0.25) is 10.1 Å². The minimum Gasteiger partial charge on any atom is -0.378 e. The van der Waals surface area contributed by atoms with E-state index in [9.17, 15) is 9.18 Å². The van der Waals surface area contributed by atoms with Gasteiger partial charge in [-0.05, 0) is 31.2 Å². The number of ether oxygens (including phenoxy) is 1. The van der Waals surface area contributed by atoms with E-state index in [1.807, 2.05) is 6.92 Å². The summed E-state index contributed by atoms with van der Waals surface area (Å²) >= 11 is 2.74. The van der Waals surface area contributed by atoms with E-state index in [4.69, 9.17) is 4.74 Å². The fraction of sp³-hybridized carbons (Fsp3) is 0.188. The zero-order valence-corrected chi connectivity index (χ0v) is 14.6. The van der Waals surface area contributed by atoms with Crippen molar-refractivity contribution in [3.63, 3.8) is 0 Å². The van der Waals surface area contributed by atoms with Gasteiger partial charge in [-0.1, -0.05) is 0 Å². The second-order valence-electron chi connectivity index (χ2n) is 4.94. The van der Waals surface area contributed by atoms with Crippen LogP contribution in [0.15, 0.2) is 29.6 Å². The highest BCUT2D eigenvalue weighted by Gasteiger charge is 2.15. The SMILES string of the molecule is COCc1nc(C(=O)Nc2nc(-c3ccc(F)cc3)c(C)s2)cs1. The Bertz CT molecular complexity index is 859. The van der Waals surface area contributed by atoms with Crippen LogP contribution < -0.4 is 5.32 Å². The smallest absolute Gasteiger partial charge is 0.276 e. The van der Waals surface area contributed by atoms with Gasteiger partial charge in [0, 0.05) is 22.9 Å². The van der Waals surface area contributed by atoms with Crippen LogP contribution in [0.4, 0.5) is 9.52 Å². The number of carbonyl (C=O) groups excluding carboxylic acids is 1. The van der Waals surface area contributed by atoms with Crippen molar-refractivity contribution in [1.82, 2.24) is 9.97 Å². The highest BCUT2D eigenvalue weighted by Crippen LogP contribution is 2.30. The number of amides is 1. The molecule has 0 bridgehead atoms. The lowest BCUT2D eigenvalue weighted by Gasteiger charge is -1.99. The molecule has 8 heteroatoms. The normalized spacial score (nSPS) is 10.8. The second kappa shape index (κ2) is 7.16. The van der Waals surface area contributed by atoms with Gasteiger partial charge in [0.2, 0.25) is 0 Å². The molecule has 3 aromatic rings. The van der Waals surface area contributed by atoms with Crippen LogP contribution in [0.5, 0.6) is 0 Å². The molecule has 1 aromatic carbocycles. The number of rotatable bonds is 5. The van der Waals surface area contributed by atoms with Gasteiger partial charge >= 0.3 is 0 Å². The lowest BCUT2D eigenvalue weighted by atomic mass is 10.1. The Morgan fingerprint density at radius 3 is 2.75 bits per heavy atom. The lowest BCUT2D eigenvalue weighted by molar-refractivity contribution is 0.102. The highest BCUT2D eigenvalue weighted by atomic mass is 32.1. The number of benzene rings is 1. The van der Waals surface area contributed by atoms with Crippen LogP contribution in [0, 0.1) is 12.7 Å². The summed E-state index contributed by atoms with van der Waals surface area (Å²) in [6.45, 7) is 2.29. The average Bonchev–Trinajstić information content (AvgIpc) is 3.16. The number of methoxy groups -OCH3 is 1. The Hall–Kier alpha value is -2.16. The van der Waals surface area contributed by atoms with Crippen molar-refractivity contribution in [3.05, 3.63) is 51.0 Å². The molecule has 0 saturated carbocycles. The summed E-state index contributed by atoms with van der Waals surface area (Å²) in [5.74, 6) is -0.608. The van der Waals surface area contributed by atoms with Gasteiger partial charge in [0.1, 0.15) is 16.5 Å². The van der Waals surface area contributed by atoms with Crippen LogP contribution in [0.25, 0.3) is 11.3 Å². The van der Waals surface area contributed by atoms with Gasteiger partial charge in [0.05, 0.1) is 12.3 Å². The molecule has 2 aromatic heterocycles. The highest BCUT2D eigenvalue weighted by molar-refractivity contribution is 7.16. The Morgan fingerprint density at radius 1 is 1.29 bits per heavy atom. The molecular weight excluding hydrogens is 349 g/mol. The number of hydrogen-bond acceptors (Lipinski definition) is 6. The van der Waals surface area contributed by atoms with Crippen molar-refractivity contribution in [2.75, 3.05) is 12.4 Å². The van der Waals surface area contributed by atoms with E-state index in [2.05, 4.69) is 15.3 Å². The maximum absolute atomic E-state index is 13.0. The van der Waals surface area contributed by atoms with Crippen molar-refractivity contribution in [3.8, 4) is 11.3 Å². The number of anilines is 1. The number of hydrogen-bond donors (Lipinski definition) is 1. The monoisotopic (exact) mass is 363 g/mol. The Balaban J connectivity index is 1.77. The van der Waals surface area contributed by atoms with E-state index in [0.29, 0.717) is 17.4 Å². The first-order valence-corrected chi connectivity index (χ1v) is 8.74. The van der Waals surface area contributed by atoms with Crippen LogP contribution >= 0.6 is 22.7 Å². The molecule has 0 aliphatic rings. The minimum absolute atomic E-state index is 0.296. The van der Waals surface area contributed by atoms with Crippen molar-refractivity contribution in [2.45, 2.75) is 13.5 Å². The van der Waals surface area contributed by atoms with E-state index >= 15 is 0 Å². The fourth-order valence-corrected chi connectivity index (χ4v) is 3.67. The minimum atomic E-state index is -0.312. The quantitative estimate of drug-likeness (QED) is 0.741. The molecule has 3 rings (SSSR count). The third-order valence-corrected chi connectivity index (χ3v) is 4.90. The fourth-order valence-electron chi connectivity index (χ4n) is 2.09. The first-order chi connectivity index (χ1) is 11.6. The third-order valence-electron chi connectivity index (χ3n) is 3.19. The Labute approximate surface area is 146 Å². The molecule has 0 aliphatic heterocycles. The average molecular weight is 363 g/mol. The van der Waals surface area contributed by atoms with Gasteiger partial charge in [0.25, 0.3) is 5.91 Å². The van der Waals surface area contributed by atoms with Crippen molar-refractivity contribution >= 4 is 33.7 Å². The number of thiazole rings is 2. The van der Waals surface area contributed by atoms with E-state index in [1.165, 1.54) is 34.8 Å². The van der Waals surface area contributed by atoms with Crippen LogP contribution in [0.2, 0.25) is 0 Å². The number of halogens is 1. The van der Waals surface area contributed by atoms with Gasteiger partial charge in [-0.25, -0.2) is 14.4 Å². The van der Waals surface area contributed by atoms with E-state index in [-0.39, 0.29) is 11.7 Å². The maximum atomic E-state index is 13.0. The van der Waals surface area contributed by atoms with Crippen LogP contribution in [-0.4, -0.2) is 23.0 Å². The maximum Gasteiger partial charge on any atom is 0.276 e. The molecule has 0 aliphatic carbocycles. The molecule has 0 radical (unpaired) electrons. The number of carbonyl (C=O) groups is 1. The largest absolute Gasteiger partial charge is 0.378 e. The summed E-state index contributed by atoms with van der Waals surface area (Å²) in [7, 11) is 1.58. The molecule has 0 spiro atoms. The predicted molar refractivity (Wildman–Crippen MR) is 93.0 cm³/mol. The molecule has 0 unspecified atom stereocenters. The molecule has 124 valence electrons. The first-order valence-electron chi connectivity index (χ1n) is 7.05. The summed E-state index contributed by atoms with van der Waals surface area (Å²) in [6.07, 6.45) is 0. The Morgan fingerprint density at radius 2 is 2.04 bits per heavy atom. The standard InChI is InChI=1S/C16H14FN3O2S2/c1-9-14(10-3-5-11(17)6-4-10)19-16(24-9)20-15(21)12-8-23-13(18-12)7-22-2/h3-6,8H,7H2,1-2H3,(H,19,20,21). The summed E-state index contributed by atoms with van der Waals surface area (Å²) in [6, 6.07) is 6.11. The van der Waals surface area contributed by atoms with Crippen LogP contribution in [0.1, 0.15) is 20.4 Å². The first kappa shape index (κ1) is 16.7. The topological polar surface area (TPSA) is 64.1 Å². The number of nitrogens with zero attached hydrogens (tertiary/aromatic N) is 2. The second-order valence-corrected chi connectivity index (χ2v) is 7.09. The molecule has 24 heavy (non-hydrogen) atoms. The molecular formula is C16H14FN3O2S2. The zero-order chi connectivity index (χ0) is 17.1. The van der Waals surface area contributed by atoms with Gasteiger partial charge in [-0.15, -0.1) is 22.7 Å². The summed E-state index contributed by atoms with van der Waals surface area (Å²) in [5, 5.41) is 5.66. The van der Waals surface area contributed by atoms with Crippen molar-refractivity contribution in [1.29, 1.82) is 0 Å². The van der Waals surface area contributed by atoms with Crippen molar-refractivity contribution in [2.24, 2.45) is 0 Å². The van der Waals surface area contributed by atoms with Crippen LogP contribution in [-0.2, 0) is 11.3 Å². The molecule has 2 heterocycles. The number of aryl methyl sites for hydroxylation is 1. The predicted octanol–water partition coefficient (Wildman–Crippen LogP) is 4.11. The van der Waals surface area contributed by atoms with Gasteiger partial charge < -0.3 is 4.74 Å². The molecule has 0 saturated heterocycles. The summed E-state index contributed by atoms with van der Waals surface area (Å²) < 4.78 is 18.0. The zero-order valence-electron chi connectivity index (χ0n) is 13.0. The Kier molecular flexibility index (Phi) is 4.98. The molecule has 5 nitrogen and oxygen atoms in total. The van der Waals surface area contributed by atoms with Crippen LogP contribution in [0.3, 0.4) is 0 Å². The molecule has 0 fully saturated rings. The molecule has 1 N–H and O–H groups in total. The summed E-state index contributed by atoms with van der Waals surface area (Å²) in [4.78, 5) is 21.8. The lowest BCUT2D eigenvalue weighted by Crippen LogP contribution is -2.12. The molecule has 1 amide bonds. The van der Waals surface area contributed by atoms with E-state index < -0.39 is 0 Å².